The van der Waals surface area contributed by atoms with Crippen LogP contribution in [0.3, 0.4) is 0 Å². The van der Waals surface area contributed by atoms with Gasteiger partial charge in [-0.05, 0) is 28.1 Å². The summed E-state index contributed by atoms with van der Waals surface area (Å²) in [4.78, 5) is 8.46. The van der Waals surface area contributed by atoms with Crippen LogP contribution in [0.25, 0.3) is 11.3 Å². The van der Waals surface area contributed by atoms with Gasteiger partial charge < -0.3 is 19.5 Å². The Balaban J connectivity index is 2.70. The molecule has 0 saturated carbocycles. The molecule has 1 N–H and O–H groups in total. The fourth-order valence-electron chi connectivity index (χ4n) is 2.02. The van der Waals surface area contributed by atoms with E-state index in [0.29, 0.717) is 28.8 Å². The number of methoxy groups -OCH3 is 3. The van der Waals surface area contributed by atoms with E-state index in [2.05, 4.69) is 31.2 Å². The zero-order chi connectivity index (χ0) is 15.4. The molecule has 2 rings (SSSR count). The fourth-order valence-corrected chi connectivity index (χ4v) is 2.69. The lowest BCUT2D eigenvalue weighted by Crippen LogP contribution is -2.02. The van der Waals surface area contributed by atoms with Crippen molar-refractivity contribution in [1.82, 2.24) is 9.97 Å². The van der Waals surface area contributed by atoms with Crippen molar-refractivity contribution in [2.75, 3.05) is 33.7 Å². The Morgan fingerprint density at radius 1 is 1.00 bits per heavy atom. The second kappa shape index (κ2) is 6.62. The Morgan fingerprint density at radius 3 is 2.29 bits per heavy atom. The number of aromatic nitrogens is 2. The van der Waals surface area contributed by atoms with Gasteiger partial charge in [-0.1, -0.05) is 0 Å². The summed E-state index contributed by atoms with van der Waals surface area (Å²) in [5.41, 5.74) is 1.41. The Bertz CT molecular complexity index is 650. The van der Waals surface area contributed by atoms with Gasteiger partial charge in [-0.3, -0.25) is 0 Å². The predicted octanol–water partition coefficient (Wildman–Crippen LogP) is 2.97. The van der Waals surface area contributed by atoms with Gasteiger partial charge in [0, 0.05) is 12.6 Å². The van der Waals surface area contributed by atoms with Crippen LogP contribution in [0, 0.1) is 0 Å². The highest BCUT2D eigenvalue weighted by atomic mass is 79.9. The number of hydrogen-bond acceptors (Lipinski definition) is 6. The lowest BCUT2D eigenvalue weighted by atomic mass is 10.1. The quantitative estimate of drug-likeness (QED) is 0.891. The third-order valence-electron chi connectivity index (χ3n) is 2.99. The predicted molar refractivity (Wildman–Crippen MR) is 84.4 cm³/mol. The van der Waals surface area contributed by atoms with Gasteiger partial charge in [0.2, 0.25) is 0 Å². The van der Waals surface area contributed by atoms with Crippen molar-refractivity contribution in [1.29, 1.82) is 0 Å². The summed E-state index contributed by atoms with van der Waals surface area (Å²) < 4.78 is 16.9. The van der Waals surface area contributed by atoms with E-state index >= 15 is 0 Å². The molecule has 0 spiro atoms. The summed E-state index contributed by atoms with van der Waals surface area (Å²) in [6.45, 7) is 0. The summed E-state index contributed by atoms with van der Waals surface area (Å²) in [6.07, 6.45) is 1.47. The van der Waals surface area contributed by atoms with E-state index in [1.807, 2.05) is 12.1 Å². The molecule has 0 unspecified atom stereocenters. The number of nitrogens with zero attached hydrogens (tertiary/aromatic N) is 2. The molecule has 0 radical (unpaired) electrons. The second-order valence-electron chi connectivity index (χ2n) is 4.02. The maximum atomic E-state index is 5.48. The molecule has 0 fully saturated rings. The highest BCUT2D eigenvalue weighted by Gasteiger charge is 2.20. The van der Waals surface area contributed by atoms with E-state index in [-0.39, 0.29) is 0 Å². The normalized spacial score (nSPS) is 10.1. The first-order valence-electron chi connectivity index (χ1n) is 6.15. The van der Waals surface area contributed by atoms with Crippen LogP contribution < -0.4 is 19.5 Å². The van der Waals surface area contributed by atoms with Crippen LogP contribution in [0.2, 0.25) is 0 Å². The first kappa shape index (κ1) is 15.4. The van der Waals surface area contributed by atoms with E-state index in [1.54, 1.807) is 28.4 Å². The summed E-state index contributed by atoms with van der Waals surface area (Å²) in [5.74, 6) is 2.46. The molecular weight excluding hydrogens is 338 g/mol. The summed E-state index contributed by atoms with van der Waals surface area (Å²) >= 11 is 3.48. The van der Waals surface area contributed by atoms with Crippen LogP contribution in [0.1, 0.15) is 0 Å². The van der Waals surface area contributed by atoms with Crippen LogP contribution in [0.4, 0.5) is 5.82 Å². The number of ether oxygens (including phenoxy) is 3. The summed E-state index contributed by atoms with van der Waals surface area (Å²) in [7, 11) is 6.54. The highest BCUT2D eigenvalue weighted by molar-refractivity contribution is 9.10. The van der Waals surface area contributed by atoms with Gasteiger partial charge in [-0.15, -0.1) is 0 Å². The Hall–Kier alpha value is -2.02. The molecule has 0 aliphatic carbocycles. The summed E-state index contributed by atoms with van der Waals surface area (Å²) in [5, 5.41) is 2.98. The Morgan fingerprint density at radius 2 is 1.71 bits per heavy atom. The van der Waals surface area contributed by atoms with Gasteiger partial charge in [0.1, 0.15) is 28.0 Å². The second-order valence-corrected chi connectivity index (χ2v) is 4.81. The van der Waals surface area contributed by atoms with Gasteiger partial charge in [0.05, 0.1) is 21.3 Å². The van der Waals surface area contributed by atoms with E-state index in [9.17, 15) is 0 Å². The third kappa shape index (κ3) is 2.73. The van der Waals surface area contributed by atoms with Crippen LogP contribution in [0.15, 0.2) is 22.9 Å². The number of nitrogens with one attached hydrogen (secondary N) is 1. The van der Waals surface area contributed by atoms with Crippen molar-refractivity contribution in [2.45, 2.75) is 0 Å². The minimum absolute atomic E-state index is 0.551. The third-order valence-corrected chi connectivity index (χ3v) is 3.74. The molecule has 21 heavy (non-hydrogen) atoms. The average molecular weight is 354 g/mol. The largest absolute Gasteiger partial charge is 0.495 e. The van der Waals surface area contributed by atoms with Crippen molar-refractivity contribution in [2.24, 2.45) is 0 Å². The first-order chi connectivity index (χ1) is 10.2. The molecule has 0 bridgehead atoms. The lowest BCUT2D eigenvalue weighted by Gasteiger charge is -2.16. The number of benzene rings is 1. The molecular formula is C14H16BrN3O3. The van der Waals surface area contributed by atoms with Crippen LogP contribution in [-0.4, -0.2) is 38.3 Å². The lowest BCUT2D eigenvalue weighted by molar-refractivity contribution is 0.389. The molecule has 1 aromatic heterocycles. The van der Waals surface area contributed by atoms with Crippen LogP contribution in [0.5, 0.6) is 17.2 Å². The fraction of sp³-hybridized carbons (Fsp3) is 0.286. The number of hydrogen-bond donors (Lipinski definition) is 1. The molecule has 2 aromatic rings. The maximum Gasteiger partial charge on any atom is 0.187 e. The van der Waals surface area contributed by atoms with Crippen LogP contribution in [-0.2, 0) is 0 Å². The number of halogens is 1. The van der Waals surface area contributed by atoms with Crippen molar-refractivity contribution < 1.29 is 14.2 Å². The van der Waals surface area contributed by atoms with E-state index in [1.165, 1.54) is 6.33 Å². The number of rotatable bonds is 5. The van der Waals surface area contributed by atoms with Gasteiger partial charge in [0.25, 0.3) is 0 Å². The molecule has 0 saturated heterocycles. The zero-order valence-electron chi connectivity index (χ0n) is 12.2. The van der Waals surface area contributed by atoms with E-state index in [4.69, 9.17) is 14.2 Å². The SMILES string of the molecule is CNc1ncnc(-c2ccc(OC)c(Br)c2OC)c1OC. The molecule has 0 amide bonds. The smallest absolute Gasteiger partial charge is 0.187 e. The Kier molecular flexibility index (Phi) is 4.85. The maximum absolute atomic E-state index is 5.48. The van der Waals surface area contributed by atoms with Gasteiger partial charge in [-0.2, -0.15) is 0 Å². The molecule has 0 aliphatic rings. The van der Waals surface area contributed by atoms with Gasteiger partial charge in [0.15, 0.2) is 11.6 Å². The van der Waals surface area contributed by atoms with Crippen molar-refractivity contribution >= 4 is 21.7 Å². The van der Waals surface area contributed by atoms with Crippen molar-refractivity contribution in [3.63, 3.8) is 0 Å². The molecule has 0 atom stereocenters. The average Bonchev–Trinajstić information content (AvgIpc) is 2.53. The van der Waals surface area contributed by atoms with Gasteiger partial charge >= 0.3 is 0 Å². The van der Waals surface area contributed by atoms with Gasteiger partial charge in [-0.25, -0.2) is 9.97 Å². The molecule has 1 aromatic carbocycles. The molecule has 112 valence electrons. The topological polar surface area (TPSA) is 65.5 Å². The molecule has 1 heterocycles. The number of anilines is 1. The minimum atomic E-state index is 0.551. The van der Waals surface area contributed by atoms with E-state index < -0.39 is 0 Å². The molecule has 6 nitrogen and oxygen atoms in total. The highest BCUT2D eigenvalue weighted by Crippen LogP contribution is 2.44. The standard InChI is InChI=1S/C14H16BrN3O3/c1-16-14-13(21-4)11(17-7-18-14)8-5-6-9(19-2)10(15)12(8)20-3/h5-7H,1-4H3,(H,16,17,18). The summed E-state index contributed by atoms with van der Waals surface area (Å²) in [6, 6.07) is 3.70. The minimum Gasteiger partial charge on any atom is -0.495 e. The van der Waals surface area contributed by atoms with Crippen molar-refractivity contribution in [3.05, 3.63) is 22.9 Å². The molecule has 7 heteroatoms. The van der Waals surface area contributed by atoms with Crippen LogP contribution >= 0.6 is 15.9 Å². The van der Waals surface area contributed by atoms with Crippen molar-refractivity contribution in [3.8, 4) is 28.5 Å². The monoisotopic (exact) mass is 353 g/mol. The first-order valence-corrected chi connectivity index (χ1v) is 6.94. The van der Waals surface area contributed by atoms with E-state index in [0.717, 1.165) is 10.0 Å². The zero-order valence-corrected chi connectivity index (χ0v) is 13.8. The molecule has 0 aliphatic heterocycles. The Labute approximate surface area is 131 Å².